The molecular formula is C29H31FN4O2S2. The number of unbranched alkanes of at least 4 members (excludes halogenated alkanes) is 3. The molecule has 198 valence electrons. The Morgan fingerprint density at radius 3 is 2.39 bits per heavy atom. The number of thiazole rings is 1. The van der Waals surface area contributed by atoms with Crippen LogP contribution in [0.15, 0.2) is 70.9 Å². The van der Waals surface area contributed by atoms with Crippen molar-refractivity contribution in [2.45, 2.75) is 39.0 Å². The number of rotatable bonds is 12. The molecule has 9 heteroatoms. The van der Waals surface area contributed by atoms with E-state index in [0.717, 1.165) is 47.3 Å². The van der Waals surface area contributed by atoms with Crippen molar-refractivity contribution >= 4 is 55.2 Å². The predicted molar refractivity (Wildman–Crippen MR) is 156 cm³/mol. The quantitative estimate of drug-likeness (QED) is 0.0765. The van der Waals surface area contributed by atoms with Gasteiger partial charge in [0, 0.05) is 41.9 Å². The number of aromatic nitrogens is 1. The minimum absolute atomic E-state index is 0.321. The van der Waals surface area contributed by atoms with E-state index in [0.29, 0.717) is 34.1 Å². The van der Waals surface area contributed by atoms with Crippen molar-refractivity contribution in [3.05, 3.63) is 71.4 Å². The van der Waals surface area contributed by atoms with Crippen molar-refractivity contribution in [2.24, 2.45) is 10.2 Å². The predicted octanol–water partition coefficient (Wildman–Crippen LogP) is 8.87. The van der Waals surface area contributed by atoms with Crippen LogP contribution in [-0.2, 0) is 16.0 Å². The summed E-state index contributed by atoms with van der Waals surface area (Å²) in [6.07, 6.45) is 5.01. The van der Waals surface area contributed by atoms with Gasteiger partial charge in [0.1, 0.15) is 15.7 Å². The number of carbonyl (C=O) groups is 1. The number of hydrogen-bond donors (Lipinski definition) is 0. The molecule has 0 amide bonds. The van der Waals surface area contributed by atoms with E-state index in [4.69, 9.17) is 9.72 Å². The molecule has 0 N–H and O–H groups in total. The van der Waals surface area contributed by atoms with Crippen molar-refractivity contribution in [1.82, 2.24) is 4.98 Å². The van der Waals surface area contributed by atoms with Crippen LogP contribution in [0, 0.1) is 5.82 Å². The van der Waals surface area contributed by atoms with Crippen LogP contribution in [0.4, 0.5) is 21.5 Å². The number of thiophene rings is 1. The first kappa shape index (κ1) is 27.6. The molecule has 2 aromatic heterocycles. The van der Waals surface area contributed by atoms with Crippen molar-refractivity contribution in [3.8, 4) is 10.6 Å². The molecule has 6 nitrogen and oxygen atoms in total. The minimum Gasteiger partial charge on any atom is -0.462 e. The first-order valence-corrected chi connectivity index (χ1v) is 14.1. The minimum atomic E-state index is -0.361. The van der Waals surface area contributed by atoms with Crippen LogP contribution in [0.2, 0.25) is 0 Å². The zero-order valence-electron chi connectivity index (χ0n) is 21.9. The molecule has 0 bridgehead atoms. The highest BCUT2D eigenvalue weighted by atomic mass is 32.1. The van der Waals surface area contributed by atoms with Gasteiger partial charge in [-0.15, -0.1) is 22.7 Å². The Hall–Kier alpha value is -3.43. The molecule has 0 radical (unpaired) electrons. The molecule has 0 fully saturated rings. The van der Waals surface area contributed by atoms with Crippen LogP contribution in [-0.4, -0.2) is 31.7 Å². The number of aryl methyl sites for hydroxylation is 1. The van der Waals surface area contributed by atoms with E-state index in [1.807, 2.05) is 43.3 Å². The molecule has 0 atom stereocenters. The van der Waals surface area contributed by atoms with Gasteiger partial charge in [0.15, 0.2) is 0 Å². The fourth-order valence-corrected chi connectivity index (χ4v) is 6.04. The van der Waals surface area contributed by atoms with E-state index >= 15 is 0 Å². The lowest BCUT2D eigenvalue weighted by Crippen LogP contribution is -2.07. The maximum absolute atomic E-state index is 14.9. The summed E-state index contributed by atoms with van der Waals surface area (Å²) in [6, 6.07) is 14.7. The van der Waals surface area contributed by atoms with Gasteiger partial charge in [-0.25, -0.2) is 14.2 Å². The third kappa shape index (κ3) is 7.33. The third-order valence-corrected chi connectivity index (χ3v) is 8.12. The first-order valence-electron chi connectivity index (χ1n) is 12.5. The van der Waals surface area contributed by atoms with Gasteiger partial charge in [-0.2, -0.15) is 10.2 Å². The smallest absolute Gasteiger partial charge is 0.333 e. The van der Waals surface area contributed by atoms with Gasteiger partial charge in [-0.1, -0.05) is 19.4 Å². The molecule has 4 rings (SSSR count). The number of hydrogen-bond acceptors (Lipinski definition) is 8. The molecular weight excluding hydrogens is 519 g/mol. The van der Waals surface area contributed by atoms with Crippen LogP contribution in [0.25, 0.3) is 20.1 Å². The van der Waals surface area contributed by atoms with E-state index in [2.05, 4.69) is 22.9 Å². The standard InChI is InChI=1S/C29H31FN4O2S2/c1-19(2)29(35)36-16-8-6-5-7-9-23-18-26-28(37-23)31-27(38-26)24-15-12-21(17-25(24)30)33-32-20-10-13-22(14-11-20)34(3)4/h10-15,17-18H,1,5-9,16H2,2-4H3. The molecule has 0 aliphatic carbocycles. The third-order valence-electron chi connectivity index (χ3n) is 5.87. The molecule has 2 aromatic carbocycles. The molecule has 2 heterocycles. The van der Waals surface area contributed by atoms with Crippen LogP contribution >= 0.6 is 22.7 Å². The van der Waals surface area contributed by atoms with E-state index in [1.54, 1.807) is 30.4 Å². The molecule has 0 aliphatic heterocycles. The maximum Gasteiger partial charge on any atom is 0.333 e. The van der Waals surface area contributed by atoms with Gasteiger partial charge < -0.3 is 9.64 Å². The highest BCUT2D eigenvalue weighted by molar-refractivity contribution is 7.28. The lowest BCUT2D eigenvalue weighted by molar-refractivity contribution is -0.139. The summed E-state index contributed by atoms with van der Waals surface area (Å²) in [6.45, 7) is 5.67. The van der Waals surface area contributed by atoms with Gasteiger partial charge in [-0.3, -0.25) is 0 Å². The van der Waals surface area contributed by atoms with E-state index in [-0.39, 0.29) is 11.8 Å². The van der Waals surface area contributed by atoms with Crippen LogP contribution in [0.5, 0.6) is 0 Å². The fourth-order valence-electron chi connectivity index (χ4n) is 3.74. The summed E-state index contributed by atoms with van der Waals surface area (Å²) in [5, 5.41) is 9.08. The second-order valence-electron chi connectivity index (χ2n) is 9.26. The number of azo groups is 1. The van der Waals surface area contributed by atoms with Gasteiger partial charge in [0.2, 0.25) is 0 Å². The Labute approximate surface area is 230 Å². The molecule has 0 unspecified atom stereocenters. The van der Waals surface area contributed by atoms with Crippen molar-refractivity contribution < 1.29 is 13.9 Å². The monoisotopic (exact) mass is 550 g/mol. The van der Waals surface area contributed by atoms with Crippen LogP contribution < -0.4 is 4.90 Å². The summed E-state index contributed by atoms with van der Waals surface area (Å²) in [5.74, 6) is -0.682. The lowest BCUT2D eigenvalue weighted by Gasteiger charge is -2.11. The normalized spacial score (nSPS) is 11.4. The Kier molecular flexibility index (Phi) is 9.36. The number of halogens is 1. The summed E-state index contributed by atoms with van der Waals surface area (Å²) in [5.41, 5.74) is 3.15. The molecule has 4 aromatic rings. The Morgan fingerprint density at radius 1 is 1.00 bits per heavy atom. The number of esters is 1. The zero-order chi connectivity index (χ0) is 27.1. The number of benzene rings is 2. The van der Waals surface area contributed by atoms with E-state index in [9.17, 15) is 9.18 Å². The highest BCUT2D eigenvalue weighted by Crippen LogP contribution is 2.37. The average molecular weight is 551 g/mol. The van der Waals surface area contributed by atoms with Crippen molar-refractivity contribution in [2.75, 3.05) is 25.6 Å². The Bertz CT molecular complexity index is 1410. The Balaban J connectivity index is 1.29. The van der Waals surface area contributed by atoms with Gasteiger partial charge in [0.05, 0.1) is 22.7 Å². The second-order valence-corrected chi connectivity index (χ2v) is 11.4. The highest BCUT2D eigenvalue weighted by Gasteiger charge is 2.14. The van der Waals surface area contributed by atoms with Gasteiger partial charge >= 0.3 is 5.97 Å². The summed E-state index contributed by atoms with van der Waals surface area (Å²) >= 11 is 3.17. The van der Waals surface area contributed by atoms with E-state index in [1.165, 1.54) is 22.3 Å². The van der Waals surface area contributed by atoms with Crippen LogP contribution in [0.1, 0.15) is 37.5 Å². The van der Waals surface area contributed by atoms with Crippen molar-refractivity contribution in [1.29, 1.82) is 0 Å². The average Bonchev–Trinajstić information content (AvgIpc) is 3.46. The summed E-state index contributed by atoms with van der Waals surface area (Å²) in [4.78, 5) is 20.3. The topological polar surface area (TPSA) is 67.2 Å². The number of anilines is 1. The summed E-state index contributed by atoms with van der Waals surface area (Å²) < 4.78 is 21.1. The van der Waals surface area contributed by atoms with Crippen LogP contribution in [0.3, 0.4) is 0 Å². The van der Waals surface area contributed by atoms with E-state index < -0.39 is 0 Å². The van der Waals surface area contributed by atoms with Gasteiger partial charge in [-0.05, 0) is 68.7 Å². The first-order chi connectivity index (χ1) is 18.3. The maximum atomic E-state index is 14.9. The lowest BCUT2D eigenvalue weighted by atomic mass is 10.1. The molecule has 0 saturated carbocycles. The fraction of sp³-hybridized carbons (Fsp3) is 0.310. The van der Waals surface area contributed by atoms with Gasteiger partial charge in [0.25, 0.3) is 0 Å². The molecule has 38 heavy (non-hydrogen) atoms. The molecule has 0 spiro atoms. The number of nitrogens with zero attached hydrogens (tertiary/aromatic N) is 4. The second kappa shape index (κ2) is 12.9. The Morgan fingerprint density at radius 2 is 1.71 bits per heavy atom. The SMILES string of the molecule is C=C(C)C(=O)OCCCCCCc1cc2sc(-c3ccc(N=Nc4ccc(N(C)C)cc4)cc3F)nc2s1. The number of fused-ring (bicyclic) bond motifs is 1. The summed E-state index contributed by atoms with van der Waals surface area (Å²) in [7, 11) is 3.95. The number of ether oxygens (including phenoxy) is 1. The number of carbonyl (C=O) groups excluding carboxylic acids is 1. The largest absolute Gasteiger partial charge is 0.462 e. The molecule has 0 saturated heterocycles. The van der Waals surface area contributed by atoms with Crippen molar-refractivity contribution in [3.63, 3.8) is 0 Å². The molecule has 0 aliphatic rings. The zero-order valence-corrected chi connectivity index (χ0v) is 23.5.